The Morgan fingerprint density at radius 1 is 1.17 bits per heavy atom. The maximum absolute atomic E-state index is 14.2. The van der Waals surface area contributed by atoms with Crippen molar-refractivity contribution in [2.24, 2.45) is 0 Å². The third kappa shape index (κ3) is 6.93. The van der Waals surface area contributed by atoms with Crippen LogP contribution in [-0.2, 0) is 16.0 Å². The zero-order valence-corrected chi connectivity index (χ0v) is 19.1. The molecule has 12 heteroatoms. The number of carboxylic acids is 1. The fraction of sp³-hybridized carbons (Fsp3) is 0.217. The van der Waals surface area contributed by atoms with E-state index in [0.29, 0.717) is 21.7 Å². The lowest BCUT2D eigenvalue weighted by molar-refractivity contribution is -0.139. The first-order valence-electron chi connectivity index (χ1n) is 10.3. The third-order valence-corrected chi connectivity index (χ3v) is 5.31. The van der Waals surface area contributed by atoms with Crippen LogP contribution >= 0.6 is 11.6 Å². The Balaban J connectivity index is 1.82. The number of carboxylic acid groups (broad SMARTS) is 1. The fourth-order valence-corrected chi connectivity index (χ4v) is 3.55. The maximum atomic E-state index is 14.2. The number of carbonyl (C=O) groups excluding carboxylic acids is 2. The van der Waals surface area contributed by atoms with Crippen LogP contribution in [0.4, 0.5) is 9.18 Å². The van der Waals surface area contributed by atoms with Gasteiger partial charge in [0.25, 0.3) is 5.91 Å². The monoisotopic (exact) mass is 505 g/mol. The molecule has 0 aliphatic carbocycles. The predicted octanol–water partition coefficient (Wildman–Crippen LogP) is 2.97. The van der Waals surface area contributed by atoms with Crippen molar-refractivity contribution in [2.45, 2.75) is 24.9 Å². The highest BCUT2D eigenvalue weighted by molar-refractivity contribution is 6.30. The summed E-state index contributed by atoms with van der Waals surface area (Å²) in [7, 11) is 1.09. The molecule has 0 bridgehead atoms. The van der Waals surface area contributed by atoms with Crippen molar-refractivity contribution in [1.29, 1.82) is 0 Å². The van der Waals surface area contributed by atoms with Gasteiger partial charge in [-0.3, -0.25) is 9.78 Å². The summed E-state index contributed by atoms with van der Waals surface area (Å²) < 4.78 is 23.2. The lowest BCUT2D eigenvalue weighted by Crippen LogP contribution is -2.47. The van der Waals surface area contributed by atoms with Gasteiger partial charge in [0.1, 0.15) is 23.8 Å². The second kappa shape index (κ2) is 11.3. The normalized spacial score (nSPS) is 12.4. The van der Waals surface area contributed by atoms with Crippen LogP contribution in [0.5, 0.6) is 0 Å². The molecule has 3 rings (SSSR count). The van der Waals surface area contributed by atoms with E-state index in [1.807, 2.05) is 0 Å². The number of hydrogen-bond donors (Lipinski definition) is 4. The number of carbonyl (C=O) groups is 3. The zero-order chi connectivity index (χ0) is 25.5. The van der Waals surface area contributed by atoms with Crippen molar-refractivity contribution in [3.05, 3.63) is 81.4 Å². The number of benzene rings is 2. The summed E-state index contributed by atoms with van der Waals surface area (Å²) in [5.41, 5.74) is 1.41. The molecule has 2 amide bonds. The quantitative estimate of drug-likeness (QED) is 0.349. The standard InChI is InChI=1S/C23H21ClFN3O7/c1-34-22(32)27-18(21(30)31)10-15(26-20(29)19-11-35-23(33)28-19)8-12-2-4-13(5-3-12)16-9-14(24)6-7-17(16)25/h2-7,9,11,15,18H,8,10H2,1H3,(H,26,29)(H,27,32)(H,28,33)(H,30,31). The van der Waals surface area contributed by atoms with Gasteiger partial charge >= 0.3 is 17.8 Å². The smallest absolute Gasteiger partial charge is 0.416 e. The Labute approximate surface area is 203 Å². The Kier molecular flexibility index (Phi) is 8.26. The molecule has 0 spiro atoms. The lowest BCUT2D eigenvalue weighted by Gasteiger charge is -2.23. The number of H-pyrrole nitrogens is 1. The number of rotatable bonds is 9. The highest BCUT2D eigenvalue weighted by Crippen LogP contribution is 2.26. The molecule has 2 atom stereocenters. The highest BCUT2D eigenvalue weighted by Gasteiger charge is 2.27. The molecule has 1 heterocycles. The molecule has 1 aromatic heterocycles. The summed E-state index contributed by atoms with van der Waals surface area (Å²) in [5, 5.41) is 14.7. The molecule has 2 aromatic carbocycles. The Morgan fingerprint density at radius 3 is 2.49 bits per heavy atom. The van der Waals surface area contributed by atoms with Gasteiger partial charge in [-0.1, -0.05) is 35.9 Å². The molecule has 0 fully saturated rings. The Morgan fingerprint density at radius 2 is 1.89 bits per heavy atom. The minimum atomic E-state index is -1.38. The van der Waals surface area contributed by atoms with E-state index in [4.69, 9.17) is 11.6 Å². The number of alkyl carbamates (subject to hydrolysis) is 1. The number of amides is 2. The number of nitrogens with one attached hydrogen (secondary N) is 3. The third-order valence-electron chi connectivity index (χ3n) is 5.07. The number of aromatic amines is 1. The van der Waals surface area contributed by atoms with Gasteiger partial charge in [-0.25, -0.2) is 18.8 Å². The van der Waals surface area contributed by atoms with Crippen LogP contribution in [0, 0.1) is 5.82 Å². The van der Waals surface area contributed by atoms with Crippen LogP contribution in [0.1, 0.15) is 22.5 Å². The predicted molar refractivity (Wildman–Crippen MR) is 123 cm³/mol. The first-order chi connectivity index (χ1) is 16.7. The minimum absolute atomic E-state index is 0.152. The number of halogens is 2. The Bertz CT molecular complexity index is 1270. The summed E-state index contributed by atoms with van der Waals surface area (Å²) in [6.07, 6.45) is -0.0684. The lowest BCUT2D eigenvalue weighted by atomic mass is 9.97. The van der Waals surface area contributed by atoms with Gasteiger partial charge in [-0.15, -0.1) is 0 Å². The highest BCUT2D eigenvalue weighted by atomic mass is 35.5. The van der Waals surface area contributed by atoms with Crippen molar-refractivity contribution in [3.8, 4) is 11.1 Å². The zero-order valence-electron chi connectivity index (χ0n) is 18.3. The average Bonchev–Trinajstić information content (AvgIpc) is 3.27. The van der Waals surface area contributed by atoms with E-state index in [-0.39, 0.29) is 18.5 Å². The average molecular weight is 506 g/mol. The van der Waals surface area contributed by atoms with Crippen molar-refractivity contribution >= 4 is 29.6 Å². The van der Waals surface area contributed by atoms with Gasteiger partial charge in [0.15, 0.2) is 0 Å². The Hall–Kier alpha value is -4.12. The van der Waals surface area contributed by atoms with Crippen LogP contribution < -0.4 is 16.4 Å². The molecule has 0 aliphatic heterocycles. The summed E-state index contributed by atoms with van der Waals surface area (Å²) in [6.45, 7) is 0. The molecule has 0 saturated heterocycles. The van der Waals surface area contributed by atoms with Crippen molar-refractivity contribution in [3.63, 3.8) is 0 Å². The van der Waals surface area contributed by atoms with E-state index in [9.17, 15) is 28.7 Å². The van der Waals surface area contributed by atoms with Gasteiger partial charge in [0, 0.05) is 16.6 Å². The SMILES string of the molecule is COC(=O)NC(CC(Cc1ccc(-c2cc(Cl)ccc2F)cc1)NC(=O)c1coc(=O)[nH]1)C(=O)O. The minimum Gasteiger partial charge on any atom is -0.480 e. The summed E-state index contributed by atoms with van der Waals surface area (Å²) >= 11 is 5.97. The maximum Gasteiger partial charge on any atom is 0.416 e. The van der Waals surface area contributed by atoms with E-state index >= 15 is 0 Å². The van der Waals surface area contributed by atoms with Crippen LogP contribution in [0.3, 0.4) is 0 Å². The van der Waals surface area contributed by atoms with Gasteiger partial charge in [0.2, 0.25) is 0 Å². The van der Waals surface area contributed by atoms with E-state index in [2.05, 4.69) is 24.8 Å². The topological polar surface area (TPSA) is 151 Å². The second-order valence-electron chi connectivity index (χ2n) is 7.52. The fourth-order valence-electron chi connectivity index (χ4n) is 3.38. The van der Waals surface area contributed by atoms with Crippen LogP contribution in [0.25, 0.3) is 11.1 Å². The summed E-state index contributed by atoms with van der Waals surface area (Å²) in [4.78, 5) is 49.2. The molecule has 0 saturated carbocycles. The van der Waals surface area contributed by atoms with Crippen molar-refractivity contribution < 1.29 is 33.0 Å². The number of ether oxygens (including phenoxy) is 1. The molecule has 184 valence electrons. The number of oxazole rings is 1. The van der Waals surface area contributed by atoms with Crippen molar-refractivity contribution in [2.75, 3.05) is 7.11 Å². The number of aromatic nitrogens is 1. The van der Waals surface area contributed by atoms with Crippen molar-refractivity contribution in [1.82, 2.24) is 15.6 Å². The summed E-state index contributed by atoms with van der Waals surface area (Å²) in [6, 6.07) is 8.74. The molecular weight excluding hydrogens is 485 g/mol. The van der Waals surface area contributed by atoms with E-state index in [1.54, 1.807) is 24.3 Å². The van der Waals surface area contributed by atoms with Crippen LogP contribution in [0.2, 0.25) is 5.02 Å². The molecule has 35 heavy (non-hydrogen) atoms. The largest absolute Gasteiger partial charge is 0.480 e. The van der Waals surface area contributed by atoms with E-state index < -0.39 is 41.6 Å². The molecule has 3 aromatic rings. The molecule has 2 unspecified atom stereocenters. The van der Waals surface area contributed by atoms with E-state index in [0.717, 1.165) is 13.4 Å². The number of hydrogen-bond acceptors (Lipinski definition) is 6. The van der Waals surface area contributed by atoms with Gasteiger partial charge < -0.3 is 24.9 Å². The van der Waals surface area contributed by atoms with Crippen LogP contribution in [-0.4, -0.2) is 47.3 Å². The van der Waals surface area contributed by atoms with Gasteiger partial charge in [-0.2, -0.15) is 0 Å². The van der Waals surface area contributed by atoms with Crippen LogP contribution in [0.15, 0.2) is 57.9 Å². The number of methoxy groups -OCH3 is 1. The second-order valence-corrected chi connectivity index (χ2v) is 7.96. The molecule has 10 nitrogen and oxygen atoms in total. The first kappa shape index (κ1) is 25.5. The molecule has 0 aliphatic rings. The summed E-state index contributed by atoms with van der Waals surface area (Å²) in [5.74, 6) is -3.32. The molecular formula is C23H21ClFN3O7. The van der Waals surface area contributed by atoms with E-state index in [1.165, 1.54) is 18.2 Å². The number of aliphatic carboxylic acids is 1. The van der Waals surface area contributed by atoms with Gasteiger partial charge in [0.05, 0.1) is 7.11 Å². The molecule has 0 radical (unpaired) electrons. The first-order valence-corrected chi connectivity index (χ1v) is 10.6. The molecule has 4 N–H and O–H groups in total. The van der Waals surface area contributed by atoms with Gasteiger partial charge in [-0.05, 0) is 42.2 Å².